The highest BCUT2D eigenvalue weighted by atomic mass is 127. The molecule has 4 nitrogen and oxygen atoms in total. The predicted molar refractivity (Wildman–Crippen MR) is 60.8 cm³/mol. The summed E-state index contributed by atoms with van der Waals surface area (Å²) in [6, 6.07) is 6.47. The van der Waals surface area contributed by atoms with E-state index < -0.39 is 5.97 Å². The average molecular weight is 305 g/mol. The summed E-state index contributed by atoms with van der Waals surface area (Å²) >= 11 is 1.63. The molecular weight excluding hydrogens is 297 g/mol. The molecule has 1 rings (SSSR count). The molecule has 1 aromatic rings. The van der Waals surface area contributed by atoms with Gasteiger partial charge in [-0.25, -0.2) is 4.79 Å². The van der Waals surface area contributed by atoms with E-state index in [4.69, 9.17) is 0 Å². The first-order valence-electron chi connectivity index (χ1n) is 3.78. The van der Waals surface area contributed by atoms with E-state index in [9.17, 15) is 9.59 Å². The number of carbonyl (C=O) groups is 2. The van der Waals surface area contributed by atoms with Crippen LogP contribution in [0.3, 0.4) is 0 Å². The maximum absolute atomic E-state index is 11.0. The molecule has 0 aromatic heterocycles. The van der Waals surface area contributed by atoms with Crippen LogP contribution < -0.4 is 5.32 Å². The molecule has 5 heteroatoms. The monoisotopic (exact) mass is 305 g/mol. The Balaban J connectivity index is 2.78. The number of carbonyl (C=O) groups excluding carboxylic acids is 2. The summed E-state index contributed by atoms with van der Waals surface area (Å²) in [5.41, 5.74) is 1.11. The van der Waals surface area contributed by atoms with Crippen LogP contribution in [0.1, 0.15) is 10.4 Å². The van der Waals surface area contributed by atoms with Crippen molar-refractivity contribution in [2.75, 3.05) is 12.4 Å². The summed E-state index contributed by atoms with van der Waals surface area (Å²) in [7, 11) is 1.32. The second kappa shape index (κ2) is 4.94. The molecule has 0 heterocycles. The first-order chi connectivity index (χ1) is 6.63. The zero-order chi connectivity index (χ0) is 10.6. The van der Waals surface area contributed by atoms with Gasteiger partial charge in [0.25, 0.3) is 3.91 Å². The van der Waals surface area contributed by atoms with E-state index in [0.717, 1.165) is 0 Å². The molecule has 1 N–H and O–H groups in total. The molecule has 14 heavy (non-hydrogen) atoms. The predicted octanol–water partition coefficient (Wildman–Crippen LogP) is 2.44. The molecule has 1 amide bonds. The fourth-order valence-corrected chi connectivity index (χ4v) is 1.23. The molecule has 0 aliphatic carbocycles. The first-order valence-corrected chi connectivity index (χ1v) is 4.86. The summed E-state index contributed by atoms with van der Waals surface area (Å²) < 4.78 is 4.36. The summed E-state index contributed by atoms with van der Waals surface area (Å²) in [5.74, 6) is -0.391. The molecule has 0 atom stereocenters. The van der Waals surface area contributed by atoms with Gasteiger partial charge in [-0.15, -0.1) is 0 Å². The van der Waals surface area contributed by atoms with Crippen molar-refractivity contribution in [2.24, 2.45) is 0 Å². The van der Waals surface area contributed by atoms with Crippen LogP contribution in [0.25, 0.3) is 0 Å². The Hall–Kier alpha value is -1.11. The number of hydrogen-bond donors (Lipinski definition) is 1. The number of benzene rings is 1. The van der Waals surface area contributed by atoms with Crippen molar-refractivity contribution in [1.29, 1.82) is 0 Å². The second-order valence-electron chi connectivity index (χ2n) is 2.47. The molecule has 0 radical (unpaired) electrons. The van der Waals surface area contributed by atoms with Gasteiger partial charge in [-0.2, -0.15) is 0 Å². The quantitative estimate of drug-likeness (QED) is 0.395. The standard InChI is InChI=1S/C9H8INO3/c1-14-8(12)6-2-4-7(5-3-6)11-9(10)13/h2-5H,1H3,(H,11,13). The lowest BCUT2D eigenvalue weighted by molar-refractivity contribution is 0.0601. The number of halogens is 1. The lowest BCUT2D eigenvalue weighted by Crippen LogP contribution is -2.03. The van der Waals surface area contributed by atoms with Crippen LogP contribution in [0.15, 0.2) is 24.3 Å². The van der Waals surface area contributed by atoms with Crippen LogP contribution in [-0.4, -0.2) is 17.0 Å². The Morgan fingerprint density at radius 3 is 2.29 bits per heavy atom. The molecule has 74 valence electrons. The normalized spacial score (nSPS) is 9.29. The molecule has 1 aromatic carbocycles. The van der Waals surface area contributed by atoms with Gasteiger partial charge in [-0.05, 0) is 24.3 Å². The number of amides is 1. The third kappa shape index (κ3) is 2.99. The lowest BCUT2D eigenvalue weighted by atomic mass is 10.2. The smallest absolute Gasteiger partial charge is 0.337 e. The minimum atomic E-state index is -0.391. The van der Waals surface area contributed by atoms with Crippen molar-refractivity contribution in [3.05, 3.63) is 29.8 Å². The van der Waals surface area contributed by atoms with Gasteiger partial charge in [0, 0.05) is 28.3 Å². The zero-order valence-electron chi connectivity index (χ0n) is 7.41. The van der Waals surface area contributed by atoms with Crippen molar-refractivity contribution < 1.29 is 14.3 Å². The van der Waals surface area contributed by atoms with E-state index in [2.05, 4.69) is 10.1 Å². The SMILES string of the molecule is COC(=O)c1ccc(NC(=O)I)cc1. The van der Waals surface area contributed by atoms with E-state index >= 15 is 0 Å². The fraction of sp³-hybridized carbons (Fsp3) is 0.111. The third-order valence-electron chi connectivity index (χ3n) is 1.55. The molecule has 0 aliphatic rings. The maximum Gasteiger partial charge on any atom is 0.337 e. The van der Waals surface area contributed by atoms with Crippen molar-refractivity contribution >= 4 is 38.2 Å². The van der Waals surface area contributed by atoms with E-state index in [-0.39, 0.29) is 3.91 Å². The molecule has 0 bridgehead atoms. The van der Waals surface area contributed by atoms with Crippen molar-refractivity contribution in [1.82, 2.24) is 0 Å². The largest absolute Gasteiger partial charge is 0.465 e. The Morgan fingerprint density at radius 2 is 1.86 bits per heavy atom. The molecule has 0 aliphatic heterocycles. The summed E-state index contributed by atoms with van der Waals surface area (Å²) in [4.78, 5) is 21.7. The first kappa shape index (κ1) is 11.0. The molecule has 0 unspecified atom stereocenters. The molecule has 0 fully saturated rings. The van der Waals surface area contributed by atoms with Gasteiger partial charge >= 0.3 is 5.97 Å². The van der Waals surface area contributed by atoms with Crippen LogP contribution in [0.2, 0.25) is 0 Å². The van der Waals surface area contributed by atoms with Gasteiger partial charge in [0.15, 0.2) is 0 Å². The van der Waals surface area contributed by atoms with Gasteiger partial charge in [0.05, 0.1) is 12.7 Å². The number of anilines is 1. The van der Waals surface area contributed by atoms with Crippen LogP contribution in [0.5, 0.6) is 0 Å². The van der Waals surface area contributed by atoms with Gasteiger partial charge in [0.1, 0.15) is 0 Å². The number of esters is 1. The van der Waals surface area contributed by atoms with E-state index in [0.29, 0.717) is 11.3 Å². The minimum Gasteiger partial charge on any atom is -0.465 e. The van der Waals surface area contributed by atoms with Crippen LogP contribution >= 0.6 is 22.6 Å². The number of hydrogen-bond acceptors (Lipinski definition) is 3. The summed E-state index contributed by atoms with van der Waals surface area (Å²) in [6.45, 7) is 0. The number of rotatable bonds is 2. The maximum atomic E-state index is 11.0. The van der Waals surface area contributed by atoms with Crippen molar-refractivity contribution in [3.8, 4) is 0 Å². The lowest BCUT2D eigenvalue weighted by Gasteiger charge is -2.02. The van der Waals surface area contributed by atoms with Crippen molar-refractivity contribution in [3.63, 3.8) is 0 Å². The van der Waals surface area contributed by atoms with Crippen molar-refractivity contribution in [2.45, 2.75) is 0 Å². The van der Waals surface area contributed by atoms with E-state index in [1.54, 1.807) is 46.9 Å². The molecule has 0 spiro atoms. The molecule has 0 saturated carbocycles. The topological polar surface area (TPSA) is 55.4 Å². The van der Waals surface area contributed by atoms with Gasteiger partial charge in [-0.1, -0.05) is 0 Å². The van der Waals surface area contributed by atoms with Gasteiger partial charge < -0.3 is 10.1 Å². The highest BCUT2D eigenvalue weighted by Gasteiger charge is 2.04. The Labute approximate surface area is 94.8 Å². The number of nitrogens with one attached hydrogen (secondary N) is 1. The highest BCUT2D eigenvalue weighted by Crippen LogP contribution is 2.11. The number of ether oxygens (including phenoxy) is 1. The third-order valence-corrected chi connectivity index (χ3v) is 1.82. The second-order valence-corrected chi connectivity index (χ2v) is 3.45. The fourth-order valence-electron chi connectivity index (χ4n) is 0.921. The van der Waals surface area contributed by atoms with E-state index in [1.165, 1.54) is 7.11 Å². The summed E-state index contributed by atoms with van der Waals surface area (Å²) in [6.07, 6.45) is 0. The van der Waals surface area contributed by atoms with E-state index in [1.807, 2.05) is 0 Å². The Bertz CT molecular complexity index is 348. The Morgan fingerprint density at radius 1 is 1.29 bits per heavy atom. The zero-order valence-corrected chi connectivity index (χ0v) is 9.57. The highest BCUT2D eigenvalue weighted by molar-refractivity contribution is 14.1. The minimum absolute atomic E-state index is 0.173. The van der Waals surface area contributed by atoms with Crippen LogP contribution in [0, 0.1) is 0 Å². The Kier molecular flexibility index (Phi) is 3.87. The van der Waals surface area contributed by atoms with Crippen LogP contribution in [0.4, 0.5) is 10.5 Å². The van der Waals surface area contributed by atoms with Gasteiger partial charge in [0.2, 0.25) is 0 Å². The van der Waals surface area contributed by atoms with Crippen LogP contribution in [-0.2, 0) is 4.74 Å². The molecular formula is C9H8INO3. The molecule has 0 saturated heterocycles. The average Bonchev–Trinajstić information content (AvgIpc) is 2.17. The summed E-state index contributed by atoms with van der Waals surface area (Å²) in [5, 5.41) is 2.58. The van der Waals surface area contributed by atoms with Gasteiger partial charge in [-0.3, -0.25) is 4.79 Å². The number of methoxy groups -OCH3 is 1.